The largest absolute Gasteiger partial charge is 0.310 e. The van der Waals surface area contributed by atoms with Crippen molar-refractivity contribution in [2.45, 2.75) is 19.3 Å². The van der Waals surface area contributed by atoms with Gasteiger partial charge in [0.1, 0.15) is 0 Å². The minimum absolute atomic E-state index is 0.0267. The molecule has 10 aromatic rings. The highest BCUT2D eigenvalue weighted by Crippen LogP contribution is 2.51. The van der Waals surface area contributed by atoms with Gasteiger partial charge in [0.2, 0.25) is 0 Å². The van der Waals surface area contributed by atoms with Gasteiger partial charge in [0, 0.05) is 22.4 Å². The van der Waals surface area contributed by atoms with Crippen molar-refractivity contribution in [2.75, 3.05) is 4.90 Å². The van der Waals surface area contributed by atoms with Crippen LogP contribution in [0.15, 0.2) is 249 Å². The van der Waals surface area contributed by atoms with Gasteiger partial charge in [-0.2, -0.15) is 0 Å². The minimum atomic E-state index is -0.0267. The van der Waals surface area contributed by atoms with Gasteiger partial charge in [-0.3, -0.25) is 0 Å². The summed E-state index contributed by atoms with van der Waals surface area (Å²) in [7, 11) is 0. The minimum Gasteiger partial charge on any atom is -0.310 e. The predicted molar refractivity (Wildman–Crippen MR) is 271 cm³/mol. The summed E-state index contributed by atoms with van der Waals surface area (Å²) >= 11 is 0. The van der Waals surface area contributed by atoms with Crippen molar-refractivity contribution in [3.63, 3.8) is 0 Å². The molecule has 304 valence electrons. The van der Waals surface area contributed by atoms with E-state index in [1.807, 2.05) is 0 Å². The summed E-state index contributed by atoms with van der Waals surface area (Å²) in [6, 6.07) is 90.8. The van der Waals surface area contributed by atoms with Gasteiger partial charge in [0.15, 0.2) is 0 Å². The molecule has 0 bridgehead atoms. The molecule has 1 heteroatoms. The SMILES string of the molecule is CC1(C)c2ccccc2-c2cc(-c3ccc(N(c4ccc(-c5ccc(-c6ccccc6)cc5)cc4)c4cccc(-c5ccccc5)c4-c4ccccc4-c4ccccc4)cc3)ccc21. The summed E-state index contributed by atoms with van der Waals surface area (Å²) < 4.78 is 0. The first-order valence-electron chi connectivity index (χ1n) is 22.3. The van der Waals surface area contributed by atoms with Crippen LogP contribution in [0, 0.1) is 0 Å². The van der Waals surface area contributed by atoms with Crippen LogP contribution in [0.5, 0.6) is 0 Å². The molecule has 0 saturated heterocycles. The van der Waals surface area contributed by atoms with Crippen LogP contribution < -0.4 is 4.90 Å². The van der Waals surface area contributed by atoms with Crippen molar-refractivity contribution >= 4 is 17.1 Å². The number of rotatable bonds is 9. The van der Waals surface area contributed by atoms with Gasteiger partial charge in [-0.25, -0.2) is 0 Å². The monoisotopic (exact) mass is 817 g/mol. The number of hydrogen-bond donors (Lipinski definition) is 0. The number of fused-ring (bicyclic) bond motifs is 3. The first-order valence-corrected chi connectivity index (χ1v) is 22.3. The summed E-state index contributed by atoms with van der Waals surface area (Å²) in [6.07, 6.45) is 0. The Bertz CT molecular complexity index is 3240. The third kappa shape index (κ3) is 7.02. The van der Waals surface area contributed by atoms with Crippen molar-refractivity contribution in [2.24, 2.45) is 0 Å². The quantitative estimate of drug-likeness (QED) is 0.140. The molecular weight excluding hydrogens is 771 g/mol. The molecule has 0 atom stereocenters. The average Bonchev–Trinajstić information content (AvgIpc) is 3.60. The van der Waals surface area contributed by atoms with Gasteiger partial charge in [-0.05, 0) is 120 Å². The lowest BCUT2D eigenvalue weighted by Gasteiger charge is -2.30. The van der Waals surface area contributed by atoms with E-state index in [9.17, 15) is 0 Å². The lowest BCUT2D eigenvalue weighted by molar-refractivity contribution is 0.660. The van der Waals surface area contributed by atoms with E-state index in [1.54, 1.807) is 0 Å². The second-order valence-corrected chi connectivity index (χ2v) is 17.3. The Hall–Kier alpha value is -8.00. The topological polar surface area (TPSA) is 3.24 Å². The highest BCUT2D eigenvalue weighted by Gasteiger charge is 2.35. The number of hydrogen-bond acceptors (Lipinski definition) is 1. The molecule has 0 spiro atoms. The molecule has 0 saturated carbocycles. The molecule has 0 fully saturated rings. The van der Waals surface area contributed by atoms with Gasteiger partial charge in [-0.1, -0.05) is 226 Å². The number of nitrogens with zero attached hydrogens (tertiary/aromatic N) is 1. The molecule has 0 N–H and O–H groups in total. The van der Waals surface area contributed by atoms with Crippen molar-refractivity contribution in [3.05, 3.63) is 260 Å². The fourth-order valence-corrected chi connectivity index (χ4v) is 9.86. The van der Waals surface area contributed by atoms with Crippen molar-refractivity contribution in [1.29, 1.82) is 0 Å². The maximum absolute atomic E-state index is 2.44. The standard InChI is InChI=1S/C63H47N/c1-63(2)59-27-15-14-24-56(59)58-43-51(37-42-60(58)63)48-35-40-53(41-36-48)64(52-38-33-47(34-39-52)46-31-29-45(30-32-46)44-17-6-3-7-18-44)61-28-16-26-55(50-21-10-5-11-22-50)62(61)57-25-13-12-23-54(57)49-19-8-4-9-20-49/h3-43H,1-2H3. The highest BCUT2D eigenvalue weighted by molar-refractivity contribution is 6.01. The Morgan fingerprint density at radius 2 is 0.656 bits per heavy atom. The Morgan fingerprint density at radius 1 is 0.266 bits per heavy atom. The van der Waals surface area contributed by atoms with E-state index in [0.717, 1.165) is 17.1 Å². The van der Waals surface area contributed by atoms with E-state index in [4.69, 9.17) is 0 Å². The van der Waals surface area contributed by atoms with Gasteiger partial charge < -0.3 is 4.90 Å². The smallest absolute Gasteiger partial charge is 0.0546 e. The third-order valence-corrected chi connectivity index (χ3v) is 13.1. The normalized spacial score (nSPS) is 12.3. The average molecular weight is 818 g/mol. The van der Waals surface area contributed by atoms with Crippen LogP contribution in [-0.4, -0.2) is 0 Å². The molecule has 1 nitrogen and oxygen atoms in total. The molecule has 0 amide bonds. The lowest BCUT2D eigenvalue weighted by Crippen LogP contribution is -2.14. The Labute approximate surface area is 377 Å². The van der Waals surface area contributed by atoms with Crippen LogP contribution in [-0.2, 0) is 5.41 Å². The summed E-state index contributed by atoms with van der Waals surface area (Å²) in [5, 5.41) is 0. The molecule has 0 aliphatic heterocycles. The van der Waals surface area contributed by atoms with E-state index in [-0.39, 0.29) is 5.41 Å². The number of anilines is 3. The van der Waals surface area contributed by atoms with Crippen LogP contribution in [0.2, 0.25) is 0 Å². The maximum Gasteiger partial charge on any atom is 0.0546 e. The first-order chi connectivity index (χ1) is 31.5. The molecule has 0 radical (unpaired) electrons. The summed E-state index contributed by atoms with van der Waals surface area (Å²) in [4.78, 5) is 2.44. The lowest BCUT2D eigenvalue weighted by atomic mass is 9.82. The second kappa shape index (κ2) is 16.4. The molecule has 1 aliphatic carbocycles. The summed E-state index contributed by atoms with van der Waals surface area (Å²) in [5.74, 6) is 0. The fourth-order valence-electron chi connectivity index (χ4n) is 9.86. The van der Waals surface area contributed by atoms with E-state index < -0.39 is 0 Å². The fraction of sp³-hybridized carbons (Fsp3) is 0.0476. The molecule has 0 aromatic heterocycles. The molecule has 0 unspecified atom stereocenters. The second-order valence-electron chi connectivity index (χ2n) is 17.3. The Balaban J connectivity index is 1.06. The van der Waals surface area contributed by atoms with E-state index >= 15 is 0 Å². The number of benzene rings is 10. The molecular formula is C63H47N. The highest BCUT2D eigenvalue weighted by atomic mass is 15.1. The Morgan fingerprint density at radius 3 is 1.23 bits per heavy atom. The molecule has 64 heavy (non-hydrogen) atoms. The van der Waals surface area contributed by atoms with Gasteiger partial charge >= 0.3 is 0 Å². The Kier molecular flexibility index (Phi) is 9.94. The van der Waals surface area contributed by atoms with E-state index in [0.29, 0.717) is 0 Å². The van der Waals surface area contributed by atoms with Crippen molar-refractivity contribution in [3.8, 4) is 77.9 Å². The van der Waals surface area contributed by atoms with Gasteiger partial charge in [0.25, 0.3) is 0 Å². The molecule has 11 rings (SSSR count). The van der Waals surface area contributed by atoms with Gasteiger partial charge in [0.05, 0.1) is 5.69 Å². The molecule has 10 aromatic carbocycles. The summed E-state index contributed by atoms with van der Waals surface area (Å²) in [5.41, 5.74) is 23.0. The van der Waals surface area contributed by atoms with Crippen LogP contribution in [0.25, 0.3) is 77.9 Å². The molecule has 0 heterocycles. The zero-order chi connectivity index (χ0) is 43.0. The summed E-state index contributed by atoms with van der Waals surface area (Å²) in [6.45, 7) is 4.68. The van der Waals surface area contributed by atoms with Crippen molar-refractivity contribution in [1.82, 2.24) is 0 Å². The molecule has 1 aliphatic rings. The van der Waals surface area contributed by atoms with Gasteiger partial charge in [-0.15, -0.1) is 0 Å². The van der Waals surface area contributed by atoms with Crippen LogP contribution in [0.4, 0.5) is 17.1 Å². The first kappa shape index (κ1) is 38.9. The van der Waals surface area contributed by atoms with E-state index in [1.165, 1.54) is 89.0 Å². The van der Waals surface area contributed by atoms with Crippen molar-refractivity contribution < 1.29 is 0 Å². The van der Waals surface area contributed by atoms with Crippen LogP contribution in [0.1, 0.15) is 25.0 Å². The predicted octanol–water partition coefficient (Wildman–Crippen LogP) is 17.5. The van der Waals surface area contributed by atoms with Crippen LogP contribution >= 0.6 is 0 Å². The van der Waals surface area contributed by atoms with Crippen LogP contribution in [0.3, 0.4) is 0 Å². The van der Waals surface area contributed by atoms with E-state index in [2.05, 4.69) is 267 Å². The maximum atomic E-state index is 2.44. The zero-order valence-electron chi connectivity index (χ0n) is 36.1. The zero-order valence-corrected chi connectivity index (χ0v) is 36.1. The third-order valence-electron chi connectivity index (χ3n) is 13.1.